The lowest BCUT2D eigenvalue weighted by Gasteiger charge is -2.59. The molecule has 0 aromatic rings. The maximum atomic E-state index is 8.76. The van der Waals surface area contributed by atoms with Gasteiger partial charge in [-0.05, 0) is 30.1 Å². The van der Waals surface area contributed by atoms with Crippen LogP contribution in [0.15, 0.2) is 5.16 Å². The molecule has 68 valence electrons. The van der Waals surface area contributed by atoms with E-state index in [1.54, 1.807) is 0 Å². The maximum Gasteiger partial charge on any atom is 0.0604 e. The Bertz CT molecular complexity index is 232. The van der Waals surface area contributed by atoms with Crippen LogP contribution in [0.4, 0.5) is 0 Å². The lowest BCUT2D eigenvalue weighted by molar-refractivity contribution is -0.0534. The molecule has 3 atom stereocenters. The molecule has 2 heteroatoms. The van der Waals surface area contributed by atoms with Crippen LogP contribution < -0.4 is 0 Å². The van der Waals surface area contributed by atoms with Gasteiger partial charge >= 0.3 is 0 Å². The predicted octanol–water partition coefficient (Wildman–Crippen LogP) is 2.52. The number of rotatable bonds is 0. The topological polar surface area (TPSA) is 32.6 Å². The van der Waals surface area contributed by atoms with E-state index in [4.69, 9.17) is 5.21 Å². The molecule has 0 heterocycles. The van der Waals surface area contributed by atoms with Crippen molar-refractivity contribution >= 4 is 5.71 Å². The Morgan fingerprint density at radius 2 is 2.17 bits per heavy atom. The highest BCUT2D eigenvalue weighted by molar-refractivity contribution is 5.88. The molecular weight excluding hydrogens is 150 g/mol. The van der Waals surface area contributed by atoms with Gasteiger partial charge in [0.2, 0.25) is 0 Å². The van der Waals surface area contributed by atoms with Gasteiger partial charge < -0.3 is 5.21 Å². The summed E-state index contributed by atoms with van der Waals surface area (Å²) in [4.78, 5) is 0. The van der Waals surface area contributed by atoms with Crippen molar-refractivity contribution in [2.24, 2.45) is 28.3 Å². The van der Waals surface area contributed by atoms with Gasteiger partial charge in [-0.1, -0.05) is 25.9 Å². The van der Waals surface area contributed by atoms with Gasteiger partial charge in [0.25, 0.3) is 0 Å². The van der Waals surface area contributed by atoms with Crippen molar-refractivity contribution < 1.29 is 5.21 Å². The second-order valence-corrected chi connectivity index (χ2v) is 4.94. The van der Waals surface area contributed by atoms with Gasteiger partial charge in [0, 0.05) is 5.92 Å². The Labute approximate surface area is 73.7 Å². The molecular formula is C10H17NO. The Morgan fingerprint density at radius 3 is 2.58 bits per heavy atom. The SMILES string of the molecule is C[C@H]1/C(=N\O)C[C@H]2C[C@@H]1C2(C)C. The first-order valence-corrected chi connectivity index (χ1v) is 4.78. The highest BCUT2D eigenvalue weighted by Gasteiger charge is 2.55. The summed E-state index contributed by atoms with van der Waals surface area (Å²) in [5.41, 5.74) is 1.52. The van der Waals surface area contributed by atoms with Crippen molar-refractivity contribution in [1.29, 1.82) is 0 Å². The number of oxime groups is 1. The molecule has 2 bridgehead atoms. The molecule has 3 fully saturated rings. The molecule has 12 heavy (non-hydrogen) atoms. The molecule has 3 aliphatic carbocycles. The van der Waals surface area contributed by atoms with E-state index in [0.717, 1.165) is 24.0 Å². The lowest BCUT2D eigenvalue weighted by Crippen LogP contribution is -2.55. The van der Waals surface area contributed by atoms with Crippen molar-refractivity contribution in [3.63, 3.8) is 0 Å². The van der Waals surface area contributed by atoms with Crippen molar-refractivity contribution in [3.8, 4) is 0 Å². The first-order valence-electron chi connectivity index (χ1n) is 4.78. The average molecular weight is 167 g/mol. The smallest absolute Gasteiger partial charge is 0.0604 e. The third kappa shape index (κ3) is 0.782. The molecule has 3 aliphatic rings. The molecule has 1 N–H and O–H groups in total. The summed E-state index contributed by atoms with van der Waals surface area (Å²) in [5.74, 6) is 2.02. The minimum atomic E-state index is 0.494. The minimum Gasteiger partial charge on any atom is -0.411 e. The van der Waals surface area contributed by atoms with Gasteiger partial charge in [-0.3, -0.25) is 0 Å². The van der Waals surface area contributed by atoms with Crippen molar-refractivity contribution in [1.82, 2.24) is 0 Å². The van der Waals surface area contributed by atoms with Crippen LogP contribution in [0.3, 0.4) is 0 Å². The molecule has 3 saturated carbocycles. The lowest BCUT2D eigenvalue weighted by atomic mass is 9.45. The first kappa shape index (κ1) is 8.09. The van der Waals surface area contributed by atoms with Crippen LogP contribution in [0.25, 0.3) is 0 Å². The molecule has 2 nitrogen and oxygen atoms in total. The molecule has 3 rings (SSSR count). The second-order valence-electron chi connectivity index (χ2n) is 4.94. The number of hydrogen-bond donors (Lipinski definition) is 1. The van der Waals surface area contributed by atoms with Gasteiger partial charge in [0.15, 0.2) is 0 Å². The summed E-state index contributed by atoms with van der Waals surface area (Å²) < 4.78 is 0. The van der Waals surface area contributed by atoms with Crippen molar-refractivity contribution in [3.05, 3.63) is 0 Å². The van der Waals surface area contributed by atoms with Crippen LogP contribution in [-0.2, 0) is 0 Å². The van der Waals surface area contributed by atoms with E-state index in [-0.39, 0.29) is 0 Å². The van der Waals surface area contributed by atoms with Gasteiger partial charge in [-0.25, -0.2) is 0 Å². The fourth-order valence-corrected chi connectivity index (χ4v) is 3.05. The molecule has 0 amide bonds. The van der Waals surface area contributed by atoms with Crippen LogP contribution in [0.2, 0.25) is 0 Å². The monoisotopic (exact) mass is 167 g/mol. The molecule has 0 aromatic heterocycles. The van der Waals surface area contributed by atoms with E-state index in [2.05, 4.69) is 25.9 Å². The van der Waals surface area contributed by atoms with E-state index in [1.807, 2.05) is 0 Å². The van der Waals surface area contributed by atoms with Gasteiger partial charge in [-0.2, -0.15) is 0 Å². The third-order valence-electron chi connectivity index (χ3n) is 4.26. The number of fused-ring (bicyclic) bond motifs is 2. The summed E-state index contributed by atoms with van der Waals surface area (Å²) in [5, 5.41) is 12.1. The Hall–Kier alpha value is -0.530. The summed E-state index contributed by atoms with van der Waals surface area (Å²) in [6, 6.07) is 0. The molecule has 0 unspecified atom stereocenters. The van der Waals surface area contributed by atoms with Crippen molar-refractivity contribution in [2.75, 3.05) is 0 Å². The quantitative estimate of drug-likeness (QED) is 0.436. The van der Waals surface area contributed by atoms with Crippen molar-refractivity contribution in [2.45, 2.75) is 33.6 Å². The third-order valence-corrected chi connectivity index (χ3v) is 4.26. The molecule has 0 radical (unpaired) electrons. The fourth-order valence-electron chi connectivity index (χ4n) is 3.05. The summed E-state index contributed by atoms with van der Waals surface area (Å²) in [7, 11) is 0. The van der Waals surface area contributed by atoms with E-state index in [1.165, 1.54) is 6.42 Å². The summed E-state index contributed by atoms with van der Waals surface area (Å²) in [6.07, 6.45) is 2.36. The first-order chi connectivity index (χ1) is 5.57. The summed E-state index contributed by atoms with van der Waals surface area (Å²) in [6.45, 7) is 6.88. The highest BCUT2D eigenvalue weighted by atomic mass is 16.4. The number of nitrogens with zero attached hydrogens (tertiary/aromatic N) is 1. The standard InChI is InChI=1S/C10H17NO/c1-6-8-4-7(10(8,2)3)5-9(6)11-12/h6-8,12H,4-5H2,1-3H3/b11-9-/t6-,7-,8+/m1/s1. The number of hydrogen-bond acceptors (Lipinski definition) is 2. The zero-order valence-electron chi connectivity index (χ0n) is 8.04. The normalized spacial score (nSPS) is 47.2. The minimum absolute atomic E-state index is 0.494. The Morgan fingerprint density at radius 1 is 1.50 bits per heavy atom. The Kier molecular flexibility index (Phi) is 1.51. The fraction of sp³-hybridized carbons (Fsp3) is 0.900. The maximum absolute atomic E-state index is 8.76. The van der Waals surface area contributed by atoms with Crippen LogP contribution in [0.5, 0.6) is 0 Å². The Balaban J connectivity index is 2.22. The highest BCUT2D eigenvalue weighted by Crippen LogP contribution is 2.60. The van der Waals surface area contributed by atoms with Crippen LogP contribution in [0, 0.1) is 23.2 Å². The van der Waals surface area contributed by atoms with Gasteiger partial charge in [-0.15, -0.1) is 0 Å². The van der Waals surface area contributed by atoms with Crippen LogP contribution in [-0.4, -0.2) is 10.9 Å². The zero-order chi connectivity index (χ0) is 8.93. The average Bonchev–Trinajstić information content (AvgIpc) is 2.03. The molecule has 0 aromatic carbocycles. The zero-order valence-corrected chi connectivity index (χ0v) is 8.04. The van der Waals surface area contributed by atoms with Gasteiger partial charge in [0.1, 0.15) is 0 Å². The van der Waals surface area contributed by atoms with E-state index >= 15 is 0 Å². The van der Waals surface area contributed by atoms with Gasteiger partial charge in [0.05, 0.1) is 5.71 Å². The van der Waals surface area contributed by atoms with E-state index in [9.17, 15) is 0 Å². The van der Waals surface area contributed by atoms with E-state index < -0.39 is 0 Å². The van der Waals surface area contributed by atoms with Crippen LogP contribution in [0.1, 0.15) is 33.6 Å². The summed E-state index contributed by atoms with van der Waals surface area (Å²) >= 11 is 0. The molecule has 0 saturated heterocycles. The van der Waals surface area contributed by atoms with Crippen LogP contribution >= 0.6 is 0 Å². The largest absolute Gasteiger partial charge is 0.411 e. The molecule has 0 aliphatic heterocycles. The molecule has 0 spiro atoms. The predicted molar refractivity (Wildman–Crippen MR) is 48.4 cm³/mol. The second kappa shape index (κ2) is 2.24. The van der Waals surface area contributed by atoms with E-state index in [0.29, 0.717) is 11.3 Å².